The highest BCUT2D eigenvalue weighted by Gasteiger charge is 2.51. The van der Waals surface area contributed by atoms with Crippen LogP contribution in [0.1, 0.15) is 33.5 Å². The summed E-state index contributed by atoms with van der Waals surface area (Å²) in [6, 6.07) is 19.8. The second-order valence-corrected chi connectivity index (χ2v) is 7.92. The first-order valence-corrected chi connectivity index (χ1v) is 10.3. The first kappa shape index (κ1) is 21.6. The van der Waals surface area contributed by atoms with Crippen molar-refractivity contribution < 1.29 is 24.2 Å². The maximum Gasteiger partial charge on any atom is 0.264 e. The van der Waals surface area contributed by atoms with Gasteiger partial charge in [-0.05, 0) is 30.7 Å². The lowest BCUT2D eigenvalue weighted by Gasteiger charge is -2.23. The highest BCUT2D eigenvalue weighted by molar-refractivity contribution is 6.11. The molecular weight excluding hydrogens is 406 g/mol. The van der Waals surface area contributed by atoms with Gasteiger partial charge in [0.2, 0.25) is 0 Å². The Bertz CT molecular complexity index is 1170. The van der Waals surface area contributed by atoms with Gasteiger partial charge in [0.05, 0.1) is 38.4 Å². The zero-order chi connectivity index (χ0) is 22.9. The predicted octanol–water partition coefficient (Wildman–Crippen LogP) is 4.02. The Morgan fingerprint density at radius 1 is 1.00 bits per heavy atom. The molecule has 0 spiro atoms. The number of rotatable bonds is 7. The summed E-state index contributed by atoms with van der Waals surface area (Å²) in [4.78, 5) is 28.2. The van der Waals surface area contributed by atoms with Gasteiger partial charge in [-0.25, -0.2) is 0 Å². The van der Waals surface area contributed by atoms with Crippen LogP contribution in [-0.4, -0.2) is 31.0 Å². The number of anilines is 1. The lowest BCUT2D eigenvalue weighted by molar-refractivity contribution is -0.136. The van der Waals surface area contributed by atoms with Gasteiger partial charge in [0.1, 0.15) is 11.5 Å². The third-order valence-corrected chi connectivity index (χ3v) is 5.83. The van der Waals surface area contributed by atoms with Gasteiger partial charge in [-0.3, -0.25) is 9.59 Å². The van der Waals surface area contributed by atoms with Crippen molar-refractivity contribution in [2.45, 2.75) is 25.5 Å². The number of carbonyl (C=O) groups excluding carboxylic acids is 2. The third-order valence-electron chi connectivity index (χ3n) is 5.83. The Morgan fingerprint density at radius 2 is 1.72 bits per heavy atom. The molecule has 3 aromatic carbocycles. The van der Waals surface area contributed by atoms with E-state index in [0.29, 0.717) is 29.3 Å². The third kappa shape index (κ3) is 3.74. The molecule has 1 amide bonds. The average molecular weight is 431 g/mol. The van der Waals surface area contributed by atoms with Crippen molar-refractivity contribution in [2.24, 2.45) is 0 Å². The van der Waals surface area contributed by atoms with E-state index in [1.54, 1.807) is 41.3 Å². The first-order chi connectivity index (χ1) is 15.4. The van der Waals surface area contributed by atoms with Gasteiger partial charge in [0, 0.05) is 11.6 Å². The number of fused-ring (bicyclic) bond motifs is 1. The number of aliphatic hydroxyl groups is 1. The molecule has 0 bridgehead atoms. The number of methoxy groups -OCH3 is 2. The standard InChI is InChI=1S/C26H25NO5/c1-17-8-10-18(11-9-17)16-27-22-7-5-4-6-21(22)26(30,25(27)29)15-23(28)20-13-12-19(31-2)14-24(20)32-3/h4-14,30H,15-16H2,1-3H3. The lowest BCUT2D eigenvalue weighted by atomic mass is 9.88. The molecule has 4 rings (SSSR count). The van der Waals surface area contributed by atoms with Gasteiger partial charge < -0.3 is 19.5 Å². The van der Waals surface area contributed by atoms with Crippen LogP contribution in [0.25, 0.3) is 0 Å². The van der Waals surface area contributed by atoms with Gasteiger partial charge >= 0.3 is 0 Å². The highest BCUT2D eigenvalue weighted by Crippen LogP contribution is 2.44. The SMILES string of the molecule is COc1ccc(C(=O)CC2(O)C(=O)N(Cc3ccc(C)cc3)c3ccccc32)c(OC)c1. The predicted molar refractivity (Wildman–Crippen MR) is 121 cm³/mol. The van der Waals surface area contributed by atoms with Crippen LogP contribution in [0.3, 0.4) is 0 Å². The number of Topliss-reactive ketones (excluding diaryl/α,β-unsaturated/α-hetero) is 1. The average Bonchev–Trinajstić information content (AvgIpc) is 3.01. The molecule has 0 aliphatic carbocycles. The molecule has 32 heavy (non-hydrogen) atoms. The number of carbonyl (C=O) groups is 2. The first-order valence-electron chi connectivity index (χ1n) is 10.3. The van der Waals surface area contributed by atoms with Crippen molar-refractivity contribution in [1.82, 2.24) is 0 Å². The maximum atomic E-state index is 13.4. The quantitative estimate of drug-likeness (QED) is 0.572. The summed E-state index contributed by atoms with van der Waals surface area (Å²) in [5.41, 5.74) is 1.42. The lowest BCUT2D eigenvalue weighted by Crippen LogP contribution is -2.41. The molecule has 0 fully saturated rings. The van der Waals surface area contributed by atoms with E-state index in [1.165, 1.54) is 14.2 Å². The molecular formula is C26H25NO5. The number of amides is 1. The van der Waals surface area contributed by atoms with Gasteiger partial charge in [0.15, 0.2) is 11.4 Å². The molecule has 1 heterocycles. The minimum absolute atomic E-state index is 0.281. The van der Waals surface area contributed by atoms with E-state index in [2.05, 4.69) is 0 Å². The molecule has 6 heteroatoms. The number of aryl methyl sites for hydroxylation is 1. The van der Waals surface area contributed by atoms with Crippen LogP contribution in [0.15, 0.2) is 66.7 Å². The number of hydrogen-bond donors (Lipinski definition) is 1. The monoisotopic (exact) mass is 431 g/mol. The molecule has 3 aromatic rings. The minimum atomic E-state index is -1.96. The normalized spacial score (nSPS) is 17.2. The number of nitrogens with zero attached hydrogens (tertiary/aromatic N) is 1. The molecule has 0 radical (unpaired) electrons. The van der Waals surface area contributed by atoms with Crippen molar-refractivity contribution in [3.63, 3.8) is 0 Å². The molecule has 1 aliphatic heterocycles. The molecule has 0 saturated heterocycles. The topological polar surface area (TPSA) is 76.1 Å². The Morgan fingerprint density at radius 3 is 2.41 bits per heavy atom. The summed E-state index contributed by atoms with van der Waals surface area (Å²) in [6.07, 6.45) is -0.393. The van der Waals surface area contributed by atoms with E-state index in [1.807, 2.05) is 37.3 Å². The Balaban J connectivity index is 1.67. The zero-order valence-electron chi connectivity index (χ0n) is 18.3. The fourth-order valence-electron chi connectivity index (χ4n) is 4.07. The van der Waals surface area contributed by atoms with Gasteiger partial charge in [0.25, 0.3) is 5.91 Å². The molecule has 1 N–H and O–H groups in total. The summed E-state index contributed by atoms with van der Waals surface area (Å²) < 4.78 is 10.5. The maximum absolute atomic E-state index is 13.4. The van der Waals surface area contributed by atoms with E-state index >= 15 is 0 Å². The summed E-state index contributed by atoms with van der Waals surface area (Å²) in [5, 5.41) is 11.5. The van der Waals surface area contributed by atoms with Crippen molar-refractivity contribution in [1.29, 1.82) is 0 Å². The molecule has 6 nitrogen and oxygen atoms in total. The second-order valence-electron chi connectivity index (χ2n) is 7.92. The van der Waals surface area contributed by atoms with Crippen LogP contribution in [0.2, 0.25) is 0 Å². The fraction of sp³-hybridized carbons (Fsp3) is 0.231. The summed E-state index contributed by atoms with van der Waals surface area (Å²) in [5.74, 6) is -0.0377. The molecule has 1 aliphatic rings. The number of para-hydroxylation sites is 1. The van der Waals surface area contributed by atoms with Crippen molar-refractivity contribution in [2.75, 3.05) is 19.1 Å². The smallest absolute Gasteiger partial charge is 0.264 e. The number of hydrogen-bond acceptors (Lipinski definition) is 5. The van der Waals surface area contributed by atoms with Crippen molar-refractivity contribution >= 4 is 17.4 Å². The highest BCUT2D eigenvalue weighted by atomic mass is 16.5. The van der Waals surface area contributed by atoms with Gasteiger partial charge in [-0.2, -0.15) is 0 Å². The summed E-state index contributed by atoms with van der Waals surface area (Å²) in [7, 11) is 2.98. The van der Waals surface area contributed by atoms with E-state index in [0.717, 1.165) is 11.1 Å². The molecule has 164 valence electrons. The number of ketones is 1. The van der Waals surface area contributed by atoms with Crippen LogP contribution >= 0.6 is 0 Å². The minimum Gasteiger partial charge on any atom is -0.497 e. The Hall–Kier alpha value is -3.64. The largest absolute Gasteiger partial charge is 0.497 e. The molecule has 0 saturated carbocycles. The summed E-state index contributed by atoms with van der Waals surface area (Å²) >= 11 is 0. The van der Waals surface area contributed by atoms with Crippen molar-refractivity contribution in [3.8, 4) is 11.5 Å². The van der Waals surface area contributed by atoms with Crippen LogP contribution < -0.4 is 14.4 Å². The van der Waals surface area contributed by atoms with Gasteiger partial charge in [-0.15, -0.1) is 0 Å². The number of benzene rings is 3. The Labute approximate surface area is 187 Å². The van der Waals surface area contributed by atoms with Crippen molar-refractivity contribution in [3.05, 3.63) is 89.0 Å². The van der Waals surface area contributed by atoms with Crippen LogP contribution in [0, 0.1) is 6.92 Å². The zero-order valence-corrected chi connectivity index (χ0v) is 18.3. The van der Waals surface area contributed by atoms with Crippen LogP contribution in [-0.2, 0) is 16.9 Å². The van der Waals surface area contributed by atoms with E-state index in [4.69, 9.17) is 9.47 Å². The molecule has 0 aromatic heterocycles. The fourth-order valence-corrected chi connectivity index (χ4v) is 4.07. The summed E-state index contributed by atoms with van der Waals surface area (Å²) in [6.45, 7) is 2.30. The second kappa shape index (κ2) is 8.48. The Kier molecular flexibility index (Phi) is 5.72. The van der Waals surface area contributed by atoms with Crippen LogP contribution in [0.4, 0.5) is 5.69 Å². The number of ether oxygens (including phenoxy) is 2. The van der Waals surface area contributed by atoms with E-state index < -0.39 is 23.7 Å². The van der Waals surface area contributed by atoms with E-state index in [-0.39, 0.29) is 5.56 Å². The molecule has 1 unspecified atom stereocenters. The van der Waals surface area contributed by atoms with Gasteiger partial charge in [-0.1, -0.05) is 48.0 Å². The van der Waals surface area contributed by atoms with Crippen LogP contribution in [0.5, 0.6) is 11.5 Å². The van der Waals surface area contributed by atoms with E-state index in [9.17, 15) is 14.7 Å². The molecule has 1 atom stereocenters.